The Balaban J connectivity index is 2.45. The van der Waals surface area contributed by atoms with E-state index in [1.807, 2.05) is 0 Å². The summed E-state index contributed by atoms with van der Waals surface area (Å²) in [6, 6.07) is 3.40. The topological polar surface area (TPSA) is 82.5 Å². The number of carboxylic acid groups (broad SMARTS) is 1. The number of halogens is 1. The Kier molecular flexibility index (Phi) is 6.24. The molecule has 0 bridgehead atoms. The lowest BCUT2D eigenvalue weighted by Gasteiger charge is -2.18. The van der Waals surface area contributed by atoms with Gasteiger partial charge in [0.05, 0.1) is 17.5 Å². The molecule has 2 N–H and O–H groups in total. The number of anilines is 1. The third-order valence-electron chi connectivity index (χ3n) is 2.87. The van der Waals surface area contributed by atoms with Crippen LogP contribution < -0.4 is 10.2 Å². The molecule has 1 heterocycles. The minimum Gasteiger partial charge on any atom is -0.481 e. The molecule has 0 radical (unpaired) electrons. The number of pyridine rings is 1. The second kappa shape index (κ2) is 7.69. The van der Waals surface area contributed by atoms with Crippen molar-refractivity contribution in [3.05, 3.63) is 23.4 Å². The number of hydrogen-bond acceptors (Lipinski definition) is 4. The van der Waals surface area contributed by atoms with Crippen LogP contribution in [0.25, 0.3) is 0 Å². The first-order chi connectivity index (χ1) is 9.43. The van der Waals surface area contributed by atoms with E-state index < -0.39 is 11.9 Å². The van der Waals surface area contributed by atoms with Gasteiger partial charge < -0.3 is 15.3 Å². The Bertz CT molecular complexity index is 464. The molecule has 0 aromatic carbocycles. The van der Waals surface area contributed by atoms with Crippen LogP contribution in [0.3, 0.4) is 0 Å². The fourth-order valence-electron chi connectivity index (χ4n) is 1.59. The van der Waals surface area contributed by atoms with Crippen LogP contribution >= 0.6 is 11.6 Å². The highest BCUT2D eigenvalue weighted by Crippen LogP contribution is 2.12. The van der Waals surface area contributed by atoms with Gasteiger partial charge in [0.2, 0.25) is 5.91 Å². The molecule has 7 heteroatoms. The third-order valence-corrected chi connectivity index (χ3v) is 3.09. The van der Waals surface area contributed by atoms with Crippen molar-refractivity contribution < 1.29 is 14.7 Å². The molecule has 1 aromatic heterocycles. The monoisotopic (exact) mass is 299 g/mol. The van der Waals surface area contributed by atoms with E-state index in [-0.39, 0.29) is 19.0 Å². The summed E-state index contributed by atoms with van der Waals surface area (Å²) in [5.74, 6) is -1.09. The van der Waals surface area contributed by atoms with E-state index in [2.05, 4.69) is 10.3 Å². The zero-order chi connectivity index (χ0) is 15.1. The molecule has 1 rings (SSSR count). The fourth-order valence-corrected chi connectivity index (χ4v) is 1.70. The molecule has 0 aliphatic rings. The SMILES string of the molecule is CCC(CNC(=O)CN(C)c1ccc(Cl)cn1)C(=O)O. The number of amides is 1. The molecule has 0 saturated carbocycles. The average Bonchev–Trinajstić information content (AvgIpc) is 2.39. The average molecular weight is 300 g/mol. The van der Waals surface area contributed by atoms with E-state index in [9.17, 15) is 9.59 Å². The molecular weight excluding hydrogens is 282 g/mol. The molecule has 0 aliphatic carbocycles. The molecule has 6 nitrogen and oxygen atoms in total. The Hall–Kier alpha value is -1.82. The normalized spacial score (nSPS) is 11.8. The van der Waals surface area contributed by atoms with Gasteiger partial charge in [0.15, 0.2) is 0 Å². The molecular formula is C13H18ClN3O3. The number of aliphatic carboxylic acids is 1. The largest absolute Gasteiger partial charge is 0.481 e. The maximum atomic E-state index is 11.7. The van der Waals surface area contributed by atoms with Gasteiger partial charge in [-0.15, -0.1) is 0 Å². The summed E-state index contributed by atoms with van der Waals surface area (Å²) in [5.41, 5.74) is 0. The van der Waals surface area contributed by atoms with Crippen molar-refractivity contribution in [2.24, 2.45) is 5.92 Å². The molecule has 0 spiro atoms. The van der Waals surface area contributed by atoms with Crippen molar-refractivity contribution in [3.8, 4) is 0 Å². The highest BCUT2D eigenvalue weighted by Gasteiger charge is 2.16. The first-order valence-corrected chi connectivity index (χ1v) is 6.64. The molecule has 1 unspecified atom stereocenters. The van der Waals surface area contributed by atoms with Crippen LogP contribution in [0.5, 0.6) is 0 Å². The summed E-state index contributed by atoms with van der Waals surface area (Å²) >= 11 is 5.74. The third kappa shape index (κ3) is 5.05. The van der Waals surface area contributed by atoms with E-state index in [1.165, 1.54) is 6.20 Å². The highest BCUT2D eigenvalue weighted by molar-refractivity contribution is 6.30. The van der Waals surface area contributed by atoms with Gasteiger partial charge in [-0.25, -0.2) is 4.98 Å². The zero-order valence-electron chi connectivity index (χ0n) is 11.5. The summed E-state index contributed by atoms with van der Waals surface area (Å²) in [7, 11) is 1.73. The Labute approximate surface area is 122 Å². The summed E-state index contributed by atoms with van der Waals surface area (Å²) < 4.78 is 0. The smallest absolute Gasteiger partial charge is 0.308 e. The van der Waals surface area contributed by atoms with Crippen LogP contribution in [-0.4, -0.2) is 42.1 Å². The molecule has 1 atom stereocenters. The molecule has 1 amide bonds. The van der Waals surface area contributed by atoms with Crippen LogP contribution in [0, 0.1) is 5.92 Å². The maximum Gasteiger partial charge on any atom is 0.308 e. The number of carboxylic acids is 1. The van der Waals surface area contributed by atoms with Gasteiger partial charge in [0.1, 0.15) is 5.82 Å². The van der Waals surface area contributed by atoms with Crippen molar-refractivity contribution in [1.29, 1.82) is 0 Å². The highest BCUT2D eigenvalue weighted by atomic mass is 35.5. The van der Waals surface area contributed by atoms with E-state index in [1.54, 1.807) is 31.0 Å². The molecule has 0 fully saturated rings. The van der Waals surface area contributed by atoms with Gasteiger partial charge in [0.25, 0.3) is 0 Å². The van der Waals surface area contributed by atoms with Gasteiger partial charge >= 0.3 is 5.97 Å². The van der Waals surface area contributed by atoms with E-state index in [0.29, 0.717) is 17.3 Å². The Morgan fingerprint density at radius 1 is 1.50 bits per heavy atom. The summed E-state index contributed by atoms with van der Waals surface area (Å²) in [5, 5.41) is 12.0. The summed E-state index contributed by atoms with van der Waals surface area (Å²) in [6.45, 7) is 2.01. The Morgan fingerprint density at radius 2 is 2.20 bits per heavy atom. The minimum absolute atomic E-state index is 0.102. The van der Waals surface area contributed by atoms with Gasteiger partial charge in [-0.1, -0.05) is 18.5 Å². The predicted octanol–water partition coefficient (Wildman–Crippen LogP) is 1.40. The van der Waals surface area contributed by atoms with Crippen LogP contribution in [-0.2, 0) is 9.59 Å². The minimum atomic E-state index is -0.902. The van der Waals surface area contributed by atoms with Crippen LogP contribution in [0.15, 0.2) is 18.3 Å². The van der Waals surface area contributed by atoms with Gasteiger partial charge in [-0.3, -0.25) is 9.59 Å². The molecule has 1 aromatic rings. The van der Waals surface area contributed by atoms with Crippen molar-refractivity contribution >= 4 is 29.3 Å². The summed E-state index contributed by atoms with van der Waals surface area (Å²) in [6.07, 6.45) is 1.98. The lowest BCUT2D eigenvalue weighted by atomic mass is 10.1. The number of carbonyl (C=O) groups excluding carboxylic acids is 1. The van der Waals surface area contributed by atoms with E-state index in [4.69, 9.17) is 16.7 Å². The van der Waals surface area contributed by atoms with Crippen LogP contribution in [0.2, 0.25) is 5.02 Å². The lowest BCUT2D eigenvalue weighted by molar-refractivity contribution is -0.141. The van der Waals surface area contributed by atoms with E-state index >= 15 is 0 Å². The van der Waals surface area contributed by atoms with Crippen LogP contribution in [0.1, 0.15) is 13.3 Å². The molecule has 110 valence electrons. The van der Waals surface area contributed by atoms with Gasteiger partial charge in [-0.2, -0.15) is 0 Å². The Morgan fingerprint density at radius 3 is 2.70 bits per heavy atom. The first-order valence-electron chi connectivity index (χ1n) is 6.26. The van der Waals surface area contributed by atoms with Crippen LogP contribution in [0.4, 0.5) is 5.82 Å². The number of nitrogens with zero attached hydrogens (tertiary/aromatic N) is 2. The second-order valence-electron chi connectivity index (χ2n) is 4.44. The standard InChI is InChI=1S/C13H18ClN3O3/c1-3-9(13(19)20)6-16-12(18)8-17(2)11-5-4-10(14)7-15-11/h4-5,7,9H,3,6,8H2,1-2H3,(H,16,18)(H,19,20). The van der Waals surface area contributed by atoms with Crippen molar-refractivity contribution in [2.45, 2.75) is 13.3 Å². The molecule has 0 aliphatic heterocycles. The molecule has 0 saturated heterocycles. The van der Waals surface area contributed by atoms with Crippen molar-refractivity contribution in [1.82, 2.24) is 10.3 Å². The number of aromatic nitrogens is 1. The predicted molar refractivity (Wildman–Crippen MR) is 76.9 cm³/mol. The number of nitrogens with one attached hydrogen (secondary N) is 1. The zero-order valence-corrected chi connectivity index (χ0v) is 12.2. The quantitative estimate of drug-likeness (QED) is 0.795. The number of rotatable bonds is 7. The van der Waals surface area contributed by atoms with Gasteiger partial charge in [-0.05, 0) is 18.6 Å². The van der Waals surface area contributed by atoms with E-state index in [0.717, 1.165) is 0 Å². The number of carbonyl (C=O) groups is 2. The van der Waals surface area contributed by atoms with Crippen molar-refractivity contribution in [3.63, 3.8) is 0 Å². The second-order valence-corrected chi connectivity index (χ2v) is 4.87. The lowest BCUT2D eigenvalue weighted by Crippen LogP contribution is -2.39. The molecule has 20 heavy (non-hydrogen) atoms. The fraction of sp³-hybridized carbons (Fsp3) is 0.462. The van der Waals surface area contributed by atoms with Gasteiger partial charge in [0, 0.05) is 19.8 Å². The number of likely N-dealkylation sites (N-methyl/N-ethyl adjacent to an activating group) is 1. The first kappa shape index (κ1) is 16.2. The van der Waals surface area contributed by atoms with Crippen molar-refractivity contribution in [2.75, 3.05) is 25.0 Å². The number of hydrogen-bond donors (Lipinski definition) is 2. The summed E-state index contributed by atoms with van der Waals surface area (Å²) in [4.78, 5) is 28.3. The maximum absolute atomic E-state index is 11.7.